The van der Waals surface area contributed by atoms with Crippen molar-refractivity contribution < 1.29 is 4.79 Å². The lowest BCUT2D eigenvalue weighted by molar-refractivity contribution is -0.117. The standard InChI is InChI=1S/C12H17N3O/c1-8(2)14-10-5-6-11(13-7-10)15-12(16)9-3-4-9/h5-9,14H,3-4H2,1-2H3,(H,13,15,16). The molecule has 4 nitrogen and oxygen atoms in total. The quantitative estimate of drug-likeness (QED) is 0.816. The second-order valence-corrected chi connectivity index (χ2v) is 4.49. The molecule has 1 aliphatic carbocycles. The molecular formula is C12H17N3O. The third-order valence-corrected chi connectivity index (χ3v) is 2.42. The Bertz CT molecular complexity index is 368. The summed E-state index contributed by atoms with van der Waals surface area (Å²) in [6.45, 7) is 4.14. The lowest BCUT2D eigenvalue weighted by Gasteiger charge is -2.10. The van der Waals surface area contributed by atoms with E-state index in [0.29, 0.717) is 11.9 Å². The van der Waals surface area contributed by atoms with Crippen LogP contribution in [0, 0.1) is 5.92 Å². The van der Waals surface area contributed by atoms with Crippen LogP contribution in [0.2, 0.25) is 0 Å². The molecule has 2 rings (SSSR count). The zero-order valence-corrected chi connectivity index (χ0v) is 9.66. The highest BCUT2D eigenvalue weighted by molar-refractivity contribution is 5.93. The van der Waals surface area contributed by atoms with Crippen molar-refractivity contribution in [2.24, 2.45) is 5.92 Å². The number of hydrogen-bond donors (Lipinski definition) is 2. The summed E-state index contributed by atoms with van der Waals surface area (Å²) in [5, 5.41) is 6.05. The third-order valence-electron chi connectivity index (χ3n) is 2.42. The number of pyridine rings is 1. The molecule has 0 saturated heterocycles. The van der Waals surface area contributed by atoms with Crippen molar-refractivity contribution in [1.29, 1.82) is 0 Å². The van der Waals surface area contributed by atoms with Gasteiger partial charge in [-0.05, 0) is 38.8 Å². The average molecular weight is 219 g/mol. The van der Waals surface area contributed by atoms with E-state index in [0.717, 1.165) is 18.5 Å². The number of carbonyl (C=O) groups excluding carboxylic acids is 1. The first-order valence-corrected chi connectivity index (χ1v) is 5.68. The van der Waals surface area contributed by atoms with E-state index in [1.54, 1.807) is 6.20 Å². The van der Waals surface area contributed by atoms with Crippen LogP contribution in [0.25, 0.3) is 0 Å². The number of anilines is 2. The van der Waals surface area contributed by atoms with Crippen LogP contribution in [0.1, 0.15) is 26.7 Å². The summed E-state index contributed by atoms with van der Waals surface area (Å²) in [6.07, 6.45) is 3.76. The molecule has 86 valence electrons. The first kappa shape index (κ1) is 10.9. The van der Waals surface area contributed by atoms with Gasteiger partial charge in [0.05, 0.1) is 11.9 Å². The molecular weight excluding hydrogens is 202 g/mol. The van der Waals surface area contributed by atoms with Gasteiger partial charge < -0.3 is 10.6 Å². The number of nitrogens with one attached hydrogen (secondary N) is 2. The lowest BCUT2D eigenvalue weighted by Crippen LogP contribution is -2.14. The van der Waals surface area contributed by atoms with Crippen molar-refractivity contribution in [1.82, 2.24) is 4.98 Å². The molecule has 1 fully saturated rings. The number of carbonyl (C=O) groups is 1. The Kier molecular flexibility index (Phi) is 3.08. The minimum Gasteiger partial charge on any atom is -0.382 e. The van der Waals surface area contributed by atoms with Gasteiger partial charge in [-0.3, -0.25) is 4.79 Å². The average Bonchev–Trinajstić information content (AvgIpc) is 3.03. The van der Waals surface area contributed by atoms with Gasteiger partial charge in [0.1, 0.15) is 5.82 Å². The van der Waals surface area contributed by atoms with Crippen LogP contribution < -0.4 is 10.6 Å². The van der Waals surface area contributed by atoms with Crippen molar-refractivity contribution in [2.45, 2.75) is 32.7 Å². The lowest BCUT2D eigenvalue weighted by atomic mass is 10.3. The number of nitrogens with zero attached hydrogens (tertiary/aromatic N) is 1. The summed E-state index contributed by atoms with van der Waals surface area (Å²) in [4.78, 5) is 15.7. The van der Waals surface area contributed by atoms with Gasteiger partial charge in [0.15, 0.2) is 0 Å². The van der Waals surface area contributed by atoms with Crippen molar-refractivity contribution in [3.63, 3.8) is 0 Å². The van der Waals surface area contributed by atoms with E-state index in [4.69, 9.17) is 0 Å². The Morgan fingerprint density at radius 1 is 1.44 bits per heavy atom. The van der Waals surface area contributed by atoms with Crippen LogP contribution in [0.3, 0.4) is 0 Å². The van der Waals surface area contributed by atoms with Gasteiger partial charge in [-0.15, -0.1) is 0 Å². The van der Waals surface area contributed by atoms with E-state index in [-0.39, 0.29) is 11.8 Å². The monoisotopic (exact) mass is 219 g/mol. The second kappa shape index (κ2) is 4.51. The molecule has 0 unspecified atom stereocenters. The van der Waals surface area contributed by atoms with E-state index in [1.165, 1.54) is 0 Å². The Balaban J connectivity index is 1.93. The van der Waals surface area contributed by atoms with Crippen LogP contribution in [-0.2, 0) is 4.79 Å². The Labute approximate surface area is 95.5 Å². The molecule has 1 amide bonds. The van der Waals surface area contributed by atoms with E-state index >= 15 is 0 Å². The minimum atomic E-state index is 0.0945. The predicted octanol–water partition coefficient (Wildman–Crippen LogP) is 2.25. The fourth-order valence-electron chi connectivity index (χ4n) is 1.46. The SMILES string of the molecule is CC(C)Nc1ccc(NC(=O)C2CC2)nc1. The maximum absolute atomic E-state index is 11.5. The van der Waals surface area contributed by atoms with Crippen LogP contribution in [0.5, 0.6) is 0 Å². The topological polar surface area (TPSA) is 54.0 Å². The highest BCUT2D eigenvalue weighted by atomic mass is 16.2. The maximum Gasteiger partial charge on any atom is 0.228 e. The van der Waals surface area contributed by atoms with Gasteiger partial charge in [0, 0.05) is 12.0 Å². The van der Waals surface area contributed by atoms with Gasteiger partial charge >= 0.3 is 0 Å². The Morgan fingerprint density at radius 2 is 2.19 bits per heavy atom. The first-order chi connectivity index (χ1) is 7.65. The van der Waals surface area contributed by atoms with Gasteiger partial charge in [-0.1, -0.05) is 0 Å². The van der Waals surface area contributed by atoms with Gasteiger partial charge in [0.25, 0.3) is 0 Å². The second-order valence-electron chi connectivity index (χ2n) is 4.49. The molecule has 16 heavy (non-hydrogen) atoms. The summed E-state index contributed by atoms with van der Waals surface area (Å²) in [5.74, 6) is 0.943. The van der Waals surface area contributed by atoms with Crippen LogP contribution in [-0.4, -0.2) is 16.9 Å². The molecule has 1 heterocycles. The van der Waals surface area contributed by atoms with Crippen molar-refractivity contribution in [3.05, 3.63) is 18.3 Å². The smallest absolute Gasteiger partial charge is 0.228 e. The normalized spacial score (nSPS) is 14.9. The van der Waals surface area contributed by atoms with E-state index in [9.17, 15) is 4.79 Å². The summed E-state index contributed by atoms with van der Waals surface area (Å²) in [7, 11) is 0. The van der Waals surface area contributed by atoms with E-state index in [2.05, 4.69) is 29.5 Å². The van der Waals surface area contributed by atoms with Crippen molar-refractivity contribution in [2.75, 3.05) is 10.6 Å². The molecule has 1 aliphatic rings. The zero-order valence-electron chi connectivity index (χ0n) is 9.66. The van der Waals surface area contributed by atoms with Crippen LogP contribution in [0.4, 0.5) is 11.5 Å². The van der Waals surface area contributed by atoms with E-state index < -0.39 is 0 Å². The molecule has 1 aromatic heterocycles. The van der Waals surface area contributed by atoms with Crippen LogP contribution >= 0.6 is 0 Å². The molecule has 0 radical (unpaired) electrons. The highest BCUT2D eigenvalue weighted by Gasteiger charge is 2.29. The summed E-state index contributed by atoms with van der Waals surface area (Å²) in [6, 6.07) is 4.13. The number of hydrogen-bond acceptors (Lipinski definition) is 3. The molecule has 1 saturated carbocycles. The highest BCUT2D eigenvalue weighted by Crippen LogP contribution is 2.29. The molecule has 0 atom stereocenters. The predicted molar refractivity (Wildman–Crippen MR) is 64.3 cm³/mol. The molecule has 0 spiro atoms. The number of rotatable bonds is 4. The molecule has 4 heteroatoms. The zero-order chi connectivity index (χ0) is 11.5. The van der Waals surface area contributed by atoms with Crippen molar-refractivity contribution in [3.8, 4) is 0 Å². The number of aromatic nitrogens is 1. The summed E-state index contributed by atoms with van der Waals surface area (Å²) >= 11 is 0. The van der Waals surface area contributed by atoms with Crippen molar-refractivity contribution >= 4 is 17.4 Å². The summed E-state index contributed by atoms with van der Waals surface area (Å²) in [5.41, 5.74) is 0.972. The van der Waals surface area contributed by atoms with Crippen LogP contribution in [0.15, 0.2) is 18.3 Å². The molecule has 0 bridgehead atoms. The molecule has 0 aromatic carbocycles. The minimum absolute atomic E-state index is 0.0945. The van der Waals surface area contributed by atoms with Gasteiger partial charge in [0.2, 0.25) is 5.91 Å². The van der Waals surface area contributed by atoms with Gasteiger partial charge in [-0.25, -0.2) is 4.98 Å². The largest absolute Gasteiger partial charge is 0.382 e. The Hall–Kier alpha value is -1.58. The van der Waals surface area contributed by atoms with E-state index in [1.807, 2.05) is 12.1 Å². The van der Waals surface area contributed by atoms with Gasteiger partial charge in [-0.2, -0.15) is 0 Å². The summed E-state index contributed by atoms with van der Waals surface area (Å²) < 4.78 is 0. The fraction of sp³-hybridized carbons (Fsp3) is 0.500. The maximum atomic E-state index is 11.5. The molecule has 0 aliphatic heterocycles. The number of amides is 1. The first-order valence-electron chi connectivity index (χ1n) is 5.68. The fourth-order valence-corrected chi connectivity index (χ4v) is 1.46. The molecule has 1 aromatic rings. The molecule has 2 N–H and O–H groups in total. The third kappa shape index (κ3) is 2.95. The Morgan fingerprint density at radius 3 is 2.69 bits per heavy atom.